The first-order valence-corrected chi connectivity index (χ1v) is 10.4. The quantitative estimate of drug-likeness (QED) is 0.460. The van der Waals surface area contributed by atoms with Crippen molar-refractivity contribution in [1.82, 2.24) is 9.13 Å². The Labute approximate surface area is 181 Å². The number of carbonyl (C=O) groups excluding carboxylic acids is 1. The normalized spacial score (nSPS) is 10.7. The van der Waals surface area contributed by atoms with Crippen LogP contribution in [-0.4, -0.2) is 33.3 Å². The topological polar surface area (TPSA) is 73.5 Å². The first kappa shape index (κ1) is 22.2. The van der Waals surface area contributed by atoms with Gasteiger partial charge in [0.1, 0.15) is 0 Å². The van der Waals surface area contributed by atoms with Crippen LogP contribution in [-0.2, 0) is 40.3 Å². The Bertz CT molecular complexity index is 1200. The first-order valence-electron chi connectivity index (χ1n) is 10.4. The van der Waals surface area contributed by atoms with Crippen LogP contribution in [0.3, 0.4) is 0 Å². The number of carboxylic acids is 1. The largest absolute Gasteiger partial charge is 0.481 e. The van der Waals surface area contributed by atoms with E-state index < -0.39 is 5.97 Å². The molecule has 4 rings (SSSR count). The number of carbonyl (C=O) groups is 2. The predicted molar refractivity (Wildman–Crippen MR) is 122 cm³/mol. The maximum atomic E-state index is 11.3. The Morgan fingerprint density at radius 3 is 1.68 bits per heavy atom. The maximum absolute atomic E-state index is 11.3. The second-order valence-electron chi connectivity index (χ2n) is 7.24. The number of aromatic nitrogens is 2. The van der Waals surface area contributed by atoms with Crippen molar-refractivity contribution >= 4 is 33.7 Å². The van der Waals surface area contributed by atoms with E-state index in [1.807, 2.05) is 54.9 Å². The molecule has 0 unspecified atom stereocenters. The van der Waals surface area contributed by atoms with E-state index in [-0.39, 0.29) is 12.4 Å². The number of ether oxygens (including phenoxy) is 1. The number of hydrogen-bond acceptors (Lipinski definition) is 3. The summed E-state index contributed by atoms with van der Waals surface area (Å²) in [6.45, 7) is 5.91. The summed E-state index contributed by atoms with van der Waals surface area (Å²) in [5.74, 6) is -0.979. The van der Waals surface area contributed by atoms with Gasteiger partial charge in [0.05, 0.1) is 20.0 Å². The van der Waals surface area contributed by atoms with Gasteiger partial charge in [-0.25, -0.2) is 0 Å². The van der Waals surface area contributed by atoms with Crippen molar-refractivity contribution in [1.29, 1.82) is 0 Å². The second kappa shape index (κ2) is 9.98. The third kappa shape index (κ3) is 4.97. The number of rotatable bonds is 6. The molecule has 31 heavy (non-hydrogen) atoms. The van der Waals surface area contributed by atoms with Gasteiger partial charge in [0.25, 0.3) is 0 Å². The SMILES string of the molecule is CCn1cc(CC(=O)O)c2ccccc21.CCn1cc(CC(=O)OC)c2ccccc21. The van der Waals surface area contributed by atoms with Crippen molar-refractivity contribution in [3.8, 4) is 0 Å². The molecule has 4 aromatic rings. The molecule has 1 N–H and O–H groups in total. The molecule has 0 aliphatic carbocycles. The highest BCUT2D eigenvalue weighted by atomic mass is 16.5. The smallest absolute Gasteiger partial charge is 0.310 e. The fraction of sp³-hybridized carbons (Fsp3) is 0.280. The minimum atomic E-state index is -0.783. The molecule has 0 aliphatic heterocycles. The number of para-hydroxylation sites is 2. The summed E-state index contributed by atoms with van der Waals surface area (Å²) in [4.78, 5) is 22.0. The zero-order chi connectivity index (χ0) is 22.4. The molecule has 0 atom stereocenters. The summed E-state index contributed by atoms with van der Waals surface area (Å²) in [5, 5.41) is 11.0. The van der Waals surface area contributed by atoms with E-state index in [9.17, 15) is 9.59 Å². The van der Waals surface area contributed by atoms with Gasteiger partial charge in [-0.1, -0.05) is 36.4 Å². The van der Waals surface area contributed by atoms with Crippen LogP contribution >= 0.6 is 0 Å². The third-order valence-electron chi connectivity index (χ3n) is 5.33. The molecule has 0 radical (unpaired) electrons. The number of esters is 1. The average Bonchev–Trinajstić information content (AvgIpc) is 3.32. The van der Waals surface area contributed by atoms with Crippen LogP contribution in [0.25, 0.3) is 21.8 Å². The number of hydrogen-bond donors (Lipinski definition) is 1. The summed E-state index contributed by atoms with van der Waals surface area (Å²) < 4.78 is 8.92. The summed E-state index contributed by atoms with van der Waals surface area (Å²) in [6.07, 6.45) is 4.39. The fourth-order valence-corrected chi connectivity index (χ4v) is 3.84. The number of nitrogens with zero attached hydrogens (tertiary/aromatic N) is 2. The standard InChI is InChI=1S/C13H15NO2.C12H13NO2/c1-3-14-9-10(8-13(15)16-2)11-6-4-5-7-12(11)14;1-2-13-8-9(7-12(14)15)10-5-3-4-6-11(10)13/h4-7,9H,3,8H2,1-2H3;3-6,8H,2,7H2,1H3,(H,14,15). The Balaban J connectivity index is 0.000000176. The van der Waals surface area contributed by atoms with Gasteiger partial charge >= 0.3 is 11.9 Å². The van der Waals surface area contributed by atoms with Gasteiger partial charge in [0.15, 0.2) is 0 Å². The van der Waals surface area contributed by atoms with Crippen LogP contribution in [0, 0.1) is 0 Å². The number of methoxy groups -OCH3 is 1. The molecule has 6 heteroatoms. The van der Waals surface area contributed by atoms with Crippen molar-refractivity contribution in [3.05, 3.63) is 72.1 Å². The number of carboxylic acid groups (broad SMARTS) is 1. The van der Waals surface area contributed by atoms with Crippen LogP contribution in [0.1, 0.15) is 25.0 Å². The van der Waals surface area contributed by atoms with Crippen molar-refractivity contribution in [2.45, 2.75) is 39.8 Å². The van der Waals surface area contributed by atoms with E-state index in [0.717, 1.165) is 40.5 Å². The molecule has 2 heterocycles. The molecule has 0 aliphatic rings. The lowest BCUT2D eigenvalue weighted by Gasteiger charge is -1.98. The van der Waals surface area contributed by atoms with Gasteiger partial charge in [-0.3, -0.25) is 9.59 Å². The van der Waals surface area contributed by atoms with E-state index in [4.69, 9.17) is 9.84 Å². The Hall–Kier alpha value is -3.54. The van der Waals surface area contributed by atoms with Crippen molar-refractivity contribution in [3.63, 3.8) is 0 Å². The molecule has 0 fully saturated rings. The van der Waals surface area contributed by atoms with Crippen molar-refractivity contribution < 1.29 is 19.4 Å². The molecular formula is C25H28N2O4. The predicted octanol–water partition coefficient (Wildman–Crippen LogP) is 4.67. The van der Waals surface area contributed by atoms with Gasteiger partial charge in [-0.2, -0.15) is 0 Å². The summed E-state index contributed by atoms with van der Waals surface area (Å²) >= 11 is 0. The van der Waals surface area contributed by atoms with E-state index in [2.05, 4.69) is 29.0 Å². The van der Waals surface area contributed by atoms with Gasteiger partial charge in [0.2, 0.25) is 0 Å². The lowest BCUT2D eigenvalue weighted by atomic mass is 10.1. The van der Waals surface area contributed by atoms with Crippen LogP contribution < -0.4 is 0 Å². The van der Waals surface area contributed by atoms with Gasteiger partial charge in [-0.05, 0) is 37.1 Å². The summed E-state index contributed by atoms with van der Waals surface area (Å²) in [5.41, 5.74) is 4.20. The highest BCUT2D eigenvalue weighted by molar-refractivity contribution is 5.88. The molecular weight excluding hydrogens is 392 g/mol. The number of aliphatic carboxylic acids is 1. The van der Waals surface area contributed by atoms with Crippen LogP contribution in [0.5, 0.6) is 0 Å². The maximum Gasteiger partial charge on any atom is 0.310 e. The van der Waals surface area contributed by atoms with E-state index in [0.29, 0.717) is 6.42 Å². The van der Waals surface area contributed by atoms with Crippen LogP contribution in [0.4, 0.5) is 0 Å². The second-order valence-corrected chi connectivity index (χ2v) is 7.24. The monoisotopic (exact) mass is 420 g/mol. The van der Waals surface area contributed by atoms with Gasteiger partial charge < -0.3 is 19.0 Å². The molecule has 0 bridgehead atoms. The Morgan fingerprint density at radius 1 is 0.806 bits per heavy atom. The summed E-state index contributed by atoms with van der Waals surface area (Å²) in [7, 11) is 1.42. The molecule has 2 aromatic carbocycles. The molecule has 0 amide bonds. The first-order chi connectivity index (χ1) is 15.0. The van der Waals surface area contributed by atoms with Gasteiger partial charge in [0, 0.05) is 47.3 Å². The minimum absolute atomic E-state index is 0.0908. The summed E-state index contributed by atoms with van der Waals surface area (Å²) in [6, 6.07) is 16.0. The van der Waals surface area contributed by atoms with Crippen molar-refractivity contribution in [2.75, 3.05) is 7.11 Å². The number of benzene rings is 2. The lowest BCUT2D eigenvalue weighted by Crippen LogP contribution is -2.03. The minimum Gasteiger partial charge on any atom is -0.481 e. The molecule has 0 spiro atoms. The van der Waals surface area contributed by atoms with Crippen LogP contribution in [0.2, 0.25) is 0 Å². The van der Waals surface area contributed by atoms with E-state index in [1.165, 1.54) is 12.6 Å². The molecule has 0 saturated heterocycles. The number of aryl methyl sites for hydroxylation is 2. The highest BCUT2D eigenvalue weighted by Crippen LogP contribution is 2.22. The van der Waals surface area contributed by atoms with Crippen LogP contribution in [0.15, 0.2) is 60.9 Å². The Kier molecular flexibility index (Phi) is 7.13. The lowest BCUT2D eigenvalue weighted by molar-refractivity contribution is -0.140. The Morgan fingerprint density at radius 2 is 1.26 bits per heavy atom. The fourth-order valence-electron chi connectivity index (χ4n) is 3.84. The highest BCUT2D eigenvalue weighted by Gasteiger charge is 2.11. The van der Waals surface area contributed by atoms with Gasteiger partial charge in [-0.15, -0.1) is 0 Å². The van der Waals surface area contributed by atoms with E-state index in [1.54, 1.807) is 0 Å². The average molecular weight is 421 g/mol. The number of fused-ring (bicyclic) bond motifs is 2. The third-order valence-corrected chi connectivity index (χ3v) is 5.33. The van der Waals surface area contributed by atoms with E-state index >= 15 is 0 Å². The molecule has 162 valence electrons. The zero-order valence-corrected chi connectivity index (χ0v) is 18.2. The van der Waals surface area contributed by atoms with Crippen molar-refractivity contribution in [2.24, 2.45) is 0 Å². The molecule has 6 nitrogen and oxygen atoms in total. The zero-order valence-electron chi connectivity index (χ0n) is 18.2. The molecule has 2 aromatic heterocycles. The molecule has 0 saturated carbocycles.